The molecule has 0 atom stereocenters. The zero-order valence-electron chi connectivity index (χ0n) is 22.1. The predicted octanol–water partition coefficient (Wildman–Crippen LogP) is 7.52. The molecule has 0 unspecified atom stereocenters. The Balaban J connectivity index is 1.94. The number of pyridine rings is 1. The number of fused-ring (bicyclic) bond motifs is 4. The van der Waals surface area contributed by atoms with Crippen LogP contribution >= 0.6 is 0 Å². The second kappa shape index (κ2) is 7.56. The van der Waals surface area contributed by atoms with E-state index in [2.05, 4.69) is 93.6 Å². The van der Waals surface area contributed by atoms with Crippen LogP contribution in [0.2, 0.25) is 19.6 Å². The first-order valence-corrected chi connectivity index (χ1v) is 15.3. The summed E-state index contributed by atoms with van der Waals surface area (Å²) in [5, 5.41) is 5.04. The summed E-state index contributed by atoms with van der Waals surface area (Å²) in [6.45, 7) is 15.6. The van der Waals surface area contributed by atoms with Crippen LogP contribution in [0.5, 0.6) is 0 Å². The van der Waals surface area contributed by atoms with Crippen molar-refractivity contribution < 1.29 is 10.4 Å². The number of benzene rings is 3. The van der Waals surface area contributed by atoms with Crippen molar-refractivity contribution in [3.63, 3.8) is 0 Å². The van der Waals surface area contributed by atoms with Gasteiger partial charge in [-0.2, -0.15) is 4.57 Å². The third-order valence-electron chi connectivity index (χ3n) is 7.12. The van der Waals surface area contributed by atoms with E-state index in [-0.39, 0.29) is 0 Å². The van der Waals surface area contributed by atoms with Crippen LogP contribution in [-0.2, 0) is 7.05 Å². The molecular weight excluding hydrogens is 418 g/mol. The van der Waals surface area contributed by atoms with Crippen LogP contribution in [0.1, 0.15) is 37.8 Å². The van der Waals surface area contributed by atoms with Gasteiger partial charge in [0.2, 0.25) is 11.2 Å². The number of aromatic nitrogens is 1. The van der Waals surface area contributed by atoms with Gasteiger partial charge in [0.15, 0.2) is 0 Å². The number of furan rings is 1. The first-order chi connectivity index (χ1) is 15.9. The molecule has 3 heteroatoms. The molecule has 0 amide bonds. The van der Waals surface area contributed by atoms with Gasteiger partial charge in [0, 0.05) is 29.7 Å². The van der Waals surface area contributed by atoms with Crippen LogP contribution in [0.15, 0.2) is 59.0 Å². The highest BCUT2D eigenvalue weighted by molar-refractivity contribution is 6.90. The monoisotopic (exact) mass is 453 g/mol. The summed E-state index contributed by atoms with van der Waals surface area (Å²) in [7, 11) is 0.458. The minimum Gasteiger partial charge on any atom is -0.455 e. The molecule has 33 heavy (non-hydrogen) atoms. The van der Waals surface area contributed by atoms with Crippen molar-refractivity contribution >= 4 is 46.1 Å². The Bertz CT molecular complexity index is 1600. The Hall–Kier alpha value is -2.91. The van der Waals surface area contributed by atoms with Gasteiger partial charge in [0.05, 0.1) is 13.6 Å². The van der Waals surface area contributed by atoms with Crippen molar-refractivity contribution in [2.24, 2.45) is 7.05 Å². The van der Waals surface area contributed by atoms with Crippen LogP contribution in [0.3, 0.4) is 0 Å². The highest BCUT2D eigenvalue weighted by Gasteiger charge is 2.29. The van der Waals surface area contributed by atoms with E-state index in [1.807, 2.05) is 19.9 Å². The SMILES string of the molecule is [2H]C(C)(C)c1ccc2c(c1)c([Si](C)(C)C)cc(-c1c(C)c(C)cc3c1oc1ccccc13)[n+]2C. The number of aryl methyl sites for hydroxylation is 2. The molecule has 0 aliphatic heterocycles. The fourth-order valence-corrected chi connectivity index (χ4v) is 6.63. The Labute approximate surface area is 199 Å². The van der Waals surface area contributed by atoms with Gasteiger partial charge >= 0.3 is 0 Å². The lowest BCUT2D eigenvalue weighted by Crippen LogP contribution is -2.43. The predicted molar refractivity (Wildman–Crippen MR) is 144 cm³/mol. The standard InChI is InChI=1S/C30H34NOSi/c1-18(2)21-13-14-25-24(16-21)28(33(6,7)8)17-26(31(25)5)29-20(4)19(3)15-23-22-11-9-10-12-27(22)32-30(23)29/h9-18H,1-8H3/q+1/i18D. The van der Waals surface area contributed by atoms with Crippen LogP contribution < -0.4 is 9.75 Å². The van der Waals surface area contributed by atoms with Crippen LogP contribution in [0.25, 0.3) is 44.1 Å². The maximum absolute atomic E-state index is 8.59. The van der Waals surface area contributed by atoms with E-state index in [0.29, 0.717) is 0 Å². The van der Waals surface area contributed by atoms with E-state index in [1.54, 1.807) is 0 Å². The van der Waals surface area contributed by atoms with E-state index in [0.717, 1.165) is 22.1 Å². The summed E-state index contributed by atoms with van der Waals surface area (Å²) in [6.07, 6.45) is 0. The van der Waals surface area contributed by atoms with Crippen LogP contribution in [0.4, 0.5) is 0 Å². The van der Waals surface area contributed by atoms with Crippen LogP contribution in [-0.4, -0.2) is 8.07 Å². The summed E-state index contributed by atoms with van der Waals surface area (Å²) in [5.74, 6) is -0.629. The summed E-state index contributed by atoms with van der Waals surface area (Å²) >= 11 is 0. The summed E-state index contributed by atoms with van der Waals surface area (Å²) in [6, 6.07) is 19.6. The first-order valence-electron chi connectivity index (χ1n) is 12.3. The molecule has 0 fully saturated rings. The fourth-order valence-electron chi connectivity index (χ4n) is 5.05. The Morgan fingerprint density at radius 2 is 1.64 bits per heavy atom. The van der Waals surface area contributed by atoms with Crippen molar-refractivity contribution in [2.75, 3.05) is 0 Å². The average molecular weight is 454 g/mol. The minimum atomic E-state index is -1.70. The van der Waals surface area contributed by atoms with Crippen LogP contribution in [0, 0.1) is 13.8 Å². The first kappa shape index (κ1) is 20.7. The van der Waals surface area contributed by atoms with Gasteiger partial charge in [-0.15, -0.1) is 0 Å². The molecule has 5 aromatic rings. The molecule has 0 saturated heterocycles. The van der Waals surface area contributed by atoms with Crippen molar-refractivity contribution in [3.05, 3.63) is 71.3 Å². The van der Waals surface area contributed by atoms with E-state index in [4.69, 9.17) is 5.79 Å². The third kappa shape index (κ3) is 3.41. The van der Waals surface area contributed by atoms with Crippen molar-refractivity contribution in [1.82, 2.24) is 0 Å². The fraction of sp³-hybridized carbons (Fsp3) is 0.300. The normalized spacial score (nSPS) is 13.3. The highest BCUT2D eigenvalue weighted by Crippen LogP contribution is 2.39. The van der Waals surface area contributed by atoms with Gasteiger partial charge in [-0.1, -0.05) is 57.8 Å². The van der Waals surface area contributed by atoms with E-state index < -0.39 is 14.0 Å². The quantitative estimate of drug-likeness (QED) is 0.204. The third-order valence-corrected chi connectivity index (χ3v) is 9.15. The minimum absolute atomic E-state index is 0.629. The van der Waals surface area contributed by atoms with Crippen molar-refractivity contribution in [3.8, 4) is 11.3 Å². The zero-order valence-corrected chi connectivity index (χ0v) is 22.1. The summed E-state index contributed by atoms with van der Waals surface area (Å²) < 4.78 is 17.4. The summed E-state index contributed by atoms with van der Waals surface area (Å²) in [4.78, 5) is 0. The largest absolute Gasteiger partial charge is 0.455 e. The van der Waals surface area contributed by atoms with Gasteiger partial charge in [-0.05, 0) is 59.8 Å². The van der Waals surface area contributed by atoms with Gasteiger partial charge in [-0.3, -0.25) is 0 Å². The number of rotatable bonds is 3. The molecule has 0 bridgehead atoms. The van der Waals surface area contributed by atoms with E-state index in [9.17, 15) is 0 Å². The maximum Gasteiger partial charge on any atom is 0.216 e. The van der Waals surface area contributed by atoms with Gasteiger partial charge in [0.1, 0.15) is 18.2 Å². The van der Waals surface area contributed by atoms with E-state index >= 15 is 0 Å². The molecule has 0 saturated carbocycles. The lowest BCUT2D eigenvalue weighted by Gasteiger charge is -2.21. The average Bonchev–Trinajstić information content (AvgIpc) is 3.12. The molecule has 0 spiro atoms. The molecule has 0 N–H and O–H groups in total. The Morgan fingerprint density at radius 1 is 0.909 bits per heavy atom. The molecule has 2 nitrogen and oxygen atoms in total. The van der Waals surface area contributed by atoms with E-state index in [1.165, 1.54) is 43.9 Å². The Kier molecular flexibility index (Phi) is 4.74. The molecule has 0 radical (unpaired) electrons. The topological polar surface area (TPSA) is 17.0 Å². The molecule has 0 aliphatic carbocycles. The van der Waals surface area contributed by atoms with Crippen molar-refractivity contribution in [2.45, 2.75) is 53.2 Å². The molecule has 0 aliphatic rings. The smallest absolute Gasteiger partial charge is 0.216 e. The summed E-state index contributed by atoms with van der Waals surface area (Å²) in [5.41, 5.74) is 9.05. The lowest BCUT2D eigenvalue weighted by molar-refractivity contribution is -0.633. The number of nitrogens with zero attached hydrogens (tertiary/aromatic N) is 1. The maximum atomic E-state index is 8.59. The molecule has 5 rings (SSSR count). The zero-order chi connectivity index (χ0) is 24.6. The second-order valence-corrected chi connectivity index (χ2v) is 15.7. The van der Waals surface area contributed by atoms with Gasteiger partial charge in [-0.25, -0.2) is 0 Å². The van der Waals surface area contributed by atoms with Gasteiger partial charge in [0.25, 0.3) is 0 Å². The number of hydrogen-bond donors (Lipinski definition) is 0. The molecule has 168 valence electrons. The molecule has 2 heterocycles. The molecular formula is C30H34NOSi+. The highest BCUT2D eigenvalue weighted by atomic mass is 28.3. The Morgan fingerprint density at radius 3 is 2.33 bits per heavy atom. The number of hydrogen-bond acceptors (Lipinski definition) is 1. The molecule has 2 aromatic heterocycles. The number of para-hydroxylation sites is 1. The molecule has 3 aromatic carbocycles. The van der Waals surface area contributed by atoms with Crippen molar-refractivity contribution in [1.29, 1.82) is 0 Å². The lowest BCUT2D eigenvalue weighted by atomic mass is 9.95. The second-order valence-electron chi connectivity index (χ2n) is 10.7. The van der Waals surface area contributed by atoms with Gasteiger partial charge < -0.3 is 4.42 Å².